The SMILES string of the molecule is Cc1nc(-c2ccco2)ccc1C(=O)N(C)Cc1nnc2n1CCC2. The van der Waals surface area contributed by atoms with Crippen molar-refractivity contribution in [1.29, 1.82) is 0 Å². The minimum atomic E-state index is -0.0775. The number of pyridine rings is 1. The summed E-state index contributed by atoms with van der Waals surface area (Å²) in [6.07, 6.45) is 3.66. The van der Waals surface area contributed by atoms with Gasteiger partial charge in [-0.1, -0.05) is 0 Å². The molecule has 0 saturated carbocycles. The van der Waals surface area contributed by atoms with E-state index in [2.05, 4.69) is 19.7 Å². The molecule has 0 saturated heterocycles. The van der Waals surface area contributed by atoms with Crippen molar-refractivity contribution in [3.05, 3.63) is 53.4 Å². The zero-order valence-electron chi connectivity index (χ0n) is 14.3. The molecule has 4 rings (SSSR count). The smallest absolute Gasteiger partial charge is 0.255 e. The number of hydrogen-bond donors (Lipinski definition) is 0. The number of nitrogens with zero attached hydrogens (tertiary/aromatic N) is 5. The summed E-state index contributed by atoms with van der Waals surface area (Å²) in [6, 6.07) is 7.27. The number of hydrogen-bond acceptors (Lipinski definition) is 5. The van der Waals surface area contributed by atoms with E-state index in [1.165, 1.54) is 0 Å². The summed E-state index contributed by atoms with van der Waals surface area (Å²) in [4.78, 5) is 19.0. The lowest BCUT2D eigenvalue weighted by atomic mass is 10.1. The van der Waals surface area contributed by atoms with Crippen LogP contribution in [0.1, 0.15) is 34.1 Å². The minimum absolute atomic E-state index is 0.0775. The van der Waals surface area contributed by atoms with Crippen molar-refractivity contribution in [2.45, 2.75) is 32.9 Å². The number of carbonyl (C=O) groups is 1. The zero-order valence-corrected chi connectivity index (χ0v) is 14.3. The molecule has 4 heterocycles. The quantitative estimate of drug-likeness (QED) is 0.731. The first-order valence-corrected chi connectivity index (χ1v) is 8.31. The summed E-state index contributed by atoms with van der Waals surface area (Å²) in [7, 11) is 1.78. The van der Waals surface area contributed by atoms with Crippen molar-refractivity contribution in [2.75, 3.05) is 7.05 Å². The lowest BCUT2D eigenvalue weighted by Crippen LogP contribution is -2.28. The normalized spacial score (nSPS) is 13.0. The van der Waals surface area contributed by atoms with E-state index in [1.54, 1.807) is 24.3 Å². The number of aryl methyl sites for hydroxylation is 2. The van der Waals surface area contributed by atoms with Crippen molar-refractivity contribution in [2.24, 2.45) is 0 Å². The highest BCUT2D eigenvalue weighted by Gasteiger charge is 2.21. The van der Waals surface area contributed by atoms with Gasteiger partial charge in [0.1, 0.15) is 11.5 Å². The first-order chi connectivity index (χ1) is 12.1. The third-order valence-electron chi connectivity index (χ3n) is 4.50. The first-order valence-electron chi connectivity index (χ1n) is 8.31. The van der Waals surface area contributed by atoms with Gasteiger partial charge in [0.2, 0.25) is 0 Å². The molecule has 1 amide bonds. The largest absolute Gasteiger partial charge is 0.463 e. The molecule has 0 spiro atoms. The van der Waals surface area contributed by atoms with Crippen molar-refractivity contribution >= 4 is 5.91 Å². The summed E-state index contributed by atoms with van der Waals surface area (Å²) in [5.74, 6) is 2.46. The Morgan fingerprint density at radius 3 is 2.96 bits per heavy atom. The Hall–Kier alpha value is -2.96. The molecule has 7 heteroatoms. The number of fused-ring (bicyclic) bond motifs is 1. The van der Waals surface area contributed by atoms with Crippen LogP contribution in [0.15, 0.2) is 34.9 Å². The maximum Gasteiger partial charge on any atom is 0.255 e. The van der Waals surface area contributed by atoms with Crippen molar-refractivity contribution < 1.29 is 9.21 Å². The molecule has 3 aromatic heterocycles. The predicted octanol–water partition coefficient (Wildman–Crippen LogP) is 2.46. The van der Waals surface area contributed by atoms with Gasteiger partial charge in [-0.3, -0.25) is 4.79 Å². The van der Waals surface area contributed by atoms with Gasteiger partial charge in [-0.05, 0) is 37.6 Å². The van der Waals surface area contributed by atoms with Crippen LogP contribution >= 0.6 is 0 Å². The molecular formula is C18H19N5O2. The lowest BCUT2D eigenvalue weighted by Gasteiger charge is -2.18. The van der Waals surface area contributed by atoms with Gasteiger partial charge in [0, 0.05) is 20.0 Å². The number of carbonyl (C=O) groups excluding carboxylic acids is 1. The fourth-order valence-corrected chi connectivity index (χ4v) is 3.17. The minimum Gasteiger partial charge on any atom is -0.463 e. The van der Waals surface area contributed by atoms with Crippen LogP contribution in [0, 0.1) is 6.92 Å². The van der Waals surface area contributed by atoms with Gasteiger partial charge in [-0.15, -0.1) is 10.2 Å². The monoisotopic (exact) mass is 337 g/mol. The topological polar surface area (TPSA) is 77.1 Å². The molecule has 0 fully saturated rings. The molecule has 3 aromatic rings. The van der Waals surface area contributed by atoms with Crippen molar-refractivity contribution in [3.63, 3.8) is 0 Å². The highest BCUT2D eigenvalue weighted by Crippen LogP contribution is 2.21. The standard InChI is InChI=1S/C18H19N5O2/c1-12-13(7-8-14(19-12)15-5-4-10-25-15)18(24)22(2)11-17-21-20-16-6-3-9-23(16)17/h4-5,7-8,10H,3,6,9,11H2,1-2H3. The highest BCUT2D eigenvalue weighted by atomic mass is 16.3. The van der Waals surface area contributed by atoms with Crippen molar-refractivity contribution in [1.82, 2.24) is 24.6 Å². The summed E-state index contributed by atoms with van der Waals surface area (Å²) in [6.45, 7) is 3.20. The van der Waals surface area contributed by atoms with Gasteiger partial charge in [-0.2, -0.15) is 0 Å². The molecule has 0 aliphatic carbocycles. The van der Waals surface area contributed by atoms with E-state index in [-0.39, 0.29) is 5.91 Å². The fraction of sp³-hybridized carbons (Fsp3) is 0.333. The number of rotatable bonds is 4. The molecule has 0 N–H and O–H groups in total. The average Bonchev–Trinajstić information content (AvgIpc) is 3.33. The molecular weight excluding hydrogens is 318 g/mol. The molecule has 25 heavy (non-hydrogen) atoms. The molecule has 128 valence electrons. The second-order valence-electron chi connectivity index (χ2n) is 6.26. The van der Waals surface area contributed by atoms with Crippen LogP contribution in [-0.4, -0.2) is 37.6 Å². The Kier molecular flexibility index (Phi) is 3.83. The van der Waals surface area contributed by atoms with Gasteiger partial charge in [0.15, 0.2) is 11.6 Å². The van der Waals surface area contributed by atoms with Gasteiger partial charge in [0.25, 0.3) is 5.91 Å². The van der Waals surface area contributed by atoms with Crippen LogP contribution in [-0.2, 0) is 19.5 Å². The third-order valence-corrected chi connectivity index (χ3v) is 4.50. The van der Waals surface area contributed by atoms with Crippen molar-refractivity contribution in [3.8, 4) is 11.5 Å². The maximum absolute atomic E-state index is 12.8. The van der Waals surface area contributed by atoms with Gasteiger partial charge in [0.05, 0.1) is 24.1 Å². The summed E-state index contributed by atoms with van der Waals surface area (Å²) >= 11 is 0. The van der Waals surface area contributed by atoms with Crippen LogP contribution < -0.4 is 0 Å². The van der Waals surface area contributed by atoms with E-state index < -0.39 is 0 Å². The predicted molar refractivity (Wildman–Crippen MR) is 90.8 cm³/mol. The van der Waals surface area contributed by atoms with Crippen LogP contribution in [0.4, 0.5) is 0 Å². The highest BCUT2D eigenvalue weighted by molar-refractivity contribution is 5.95. The van der Waals surface area contributed by atoms with Crippen LogP contribution in [0.2, 0.25) is 0 Å². The van der Waals surface area contributed by atoms with E-state index >= 15 is 0 Å². The first kappa shape index (κ1) is 15.6. The van der Waals surface area contributed by atoms with E-state index in [4.69, 9.17) is 4.42 Å². The summed E-state index contributed by atoms with van der Waals surface area (Å²) < 4.78 is 7.47. The number of furan rings is 1. The Labute approximate surface area is 145 Å². The Morgan fingerprint density at radius 1 is 1.32 bits per heavy atom. The molecule has 0 atom stereocenters. The van der Waals surface area contributed by atoms with E-state index in [1.807, 2.05) is 25.1 Å². The van der Waals surface area contributed by atoms with Gasteiger partial charge >= 0.3 is 0 Å². The second-order valence-corrected chi connectivity index (χ2v) is 6.26. The van der Waals surface area contributed by atoms with Crippen LogP contribution in [0.5, 0.6) is 0 Å². The molecule has 7 nitrogen and oxygen atoms in total. The molecule has 0 bridgehead atoms. The van der Waals surface area contributed by atoms with E-state index in [0.29, 0.717) is 23.6 Å². The summed E-state index contributed by atoms with van der Waals surface area (Å²) in [5.41, 5.74) is 1.98. The number of amides is 1. The lowest BCUT2D eigenvalue weighted by molar-refractivity contribution is 0.0779. The van der Waals surface area contributed by atoms with E-state index in [0.717, 1.165) is 36.7 Å². The molecule has 0 aromatic carbocycles. The molecule has 0 radical (unpaired) electrons. The van der Waals surface area contributed by atoms with Crippen LogP contribution in [0.25, 0.3) is 11.5 Å². The molecule has 0 unspecified atom stereocenters. The molecule has 1 aliphatic heterocycles. The molecule has 1 aliphatic rings. The fourth-order valence-electron chi connectivity index (χ4n) is 3.17. The maximum atomic E-state index is 12.8. The second kappa shape index (κ2) is 6.16. The summed E-state index contributed by atoms with van der Waals surface area (Å²) in [5, 5.41) is 8.41. The van der Waals surface area contributed by atoms with E-state index in [9.17, 15) is 4.79 Å². The van der Waals surface area contributed by atoms with Gasteiger partial charge in [-0.25, -0.2) is 4.98 Å². The average molecular weight is 337 g/mol. The Bertz CT molecular complexity index is 914. The Balaban J connectivity index is 1.53. The van der Waals surface area contributed by atoms with Gasteiger partial charge < -0.3 is 13.9 Å². The Morgan fingerprint density at radius 2 is 2.20 bits per heavy atom. The van der Waals surface area contributed by atoms with Crippen LogP contribution in [0.3, 0.4) is 0 Å². The zero-order chi connectivity index (χ0) is 17.4. The number of aromatic nitrogens is 4. The third kappa shape index (κ3) is 2.82.